The zero-order valence-electron chi connectivity index (χ0n) is 24.9. The average Bonchev–Trinajstić information content (AvgIpc) is 3.61. The zero-order chi connectivity index (χ0) is 29.7. The van der Waals surface area contributed by atoms with Gasteiger partial charge in [0.25, 0.3) is 0 Å². The first kappa shape index (κ1) is 31.0. The van der Waals surface area contributed by atoms with Crippen LogP contribution in [0.2, 0.25) is 0 Å². The summed E-state index contributed by atoms with van der Waals surface area (Å²) in [6.07, 6.45) is 7.46. The Kier molecular flexibility index (Phi) is 10.1. The first-order chi connectivity index (χ1) is 19.7. The van der Waals surface area contributed by atoms with Gasteiger partial charge in [0.2, 0.25) is 17.7 Å². The molecule has 0 aliphatic carbocycles. The second-order valence-electron chi connectivity index (χ2n) is 12.1. The minimum Gasteiger partial charge on any atom is -0.394 e. The Bertz CT molecular complexity index is 1110. The molecule has 4 rings (SSSR count). The Morgan fingerprint density at radius 3 is 2.46 bits per heavy atom. The van der Waals surface area contributed by atoms with Crippen LogP contribution in [0.15, 0.2) is 55.6 Å². The van der Waals surface area contributed by atoms with Crippen LogP contribution in [0.4, 0.5) is 5.69 Å². The summed E-state index contributed by atoms with van der Waals surface area (Å²) in [6, 6.07) is 7.93. The molecular weight excluding hydrogens is 518 g/mol. The predicted octanol–water partition coefficient (Wildman–Crippen LogP) is 4.19. The SMILES string of the molecule is C=CCN(CCCCC)C(=O)C1N([C@@H](CO)CC(C)C)C(=O)[C@@H]2[C@H](C(=O)N(CC=C)c3ccccc3)[C@@H]3CCC12O3. The summed E-state index contributed by atoms with van der Waals surface area (Å²) in [7, 11) is 0. The Morgan fingerprint density at radius 1 is 1.15 bits per heavy atom. The molecular formula is C33H47N3O5. The van der Waals surface area contributed by atoms with Crippen LogP contribution in [0.25, 0.3) is 0 Å². The van der Waals surface area contributed by atoms with Crippen molar-refractivity contribution in [2.75, 3.05) is 31.1 Å². The molecule has 0 saturated carbocycles. The molecule has 1 aromatic rings. The van der Waals surface area contributed by atoms with Gasteiger partial charge in [-0.2, -0.15) is 0 Å². The van der Waals surface area contributed by atoms with Gasteiger partial charge in [0.1, 0.15) is 11.6 Å². The third-order valence-electron chi connectivity index (χ3n) is 8.94. The van der Waals surface area contributed by atoms with Crippen LogP contribution in [0.5, 0.6) is 0 Å². The summed E-state index contributed by atoms with van der Waals surface area (Å²) in [4.78, 5) is 48.3. The lowest BCUT2D eigenvalue weighted by atomic mass is 9.70. The van der Waals surface area contributed by atoms with Crippen molar-refractivity contribution in [2.45, 2.75) is 83.1 Å². The van der Waals surface area contributed by atoms with E-state index in [9.17, 15) is 19.5 Å². The number of aliphatic hydroxyl groups excluding tert-OH is 1. The number of hydrogen-bond donors (Lipinski definition) is 1. The van der Waals surface area contributed by atoms with Crippen molar-refractivity contribution in [3.63, 3.8) is 0 Å². The monoisotopic (exact) mass is 565 g/mol. The number of carbonyl (C=O) groups excluding carboxylic acids is 3. The molecule has 3 fully saturated rings. The van der Waals surface area contributed by atoms with Crippen molar-refractivity contribution in [3.05, 3.63) is 55.6 Å². The van der Waals surface area contributed by atoms with E-state index >= 15 is 0 Å². The van der Waals surface area contributed by atoms with Gasteiger partial charge in [-0.05, 0) is 43.7 Å². The van der Waals surface area contributed by atoms with E-state index in [-0.39, 0.29) is 30.2 Å². The topological polar surface area (TPSA) is 90.4 Å². The maximum Gasteiger partial charge on any atom is 0.248 e. The number of benzene rings is 1. The molecule has 8 heteroatoms. The largest absolute Gasteiger partial charge is 0.394 e. The molecule has 0 aromatic heterocycles. The molecule has 1 aromatic carbocycles. The fourth-order valence-electron chi connectivity index (χ4n) is 7.28. The van der Waals surface area contributed by atoms with Gasteiger partial charge < -0.3 is 24.5 Å². The van der Waals surface area contributed by atoms with Crippen molar-refractivity contribution >= 4 is 23.4 Å². The molecule has 1 spiro atoms. The quantitative estimate of drug-likeness (QED) is 0.254. The molecule has 224 valence electrons. The summed E-state index contributed by atoms with van der Waals surface area (Å²) >= 11 is 0. The van der Waals surface area contributed by atoms with E-state index in [0.29, 0.717) is 38.9 Å². The molecule has 8 nitrogen and oxygen atoms in total. The highest BCUT2D eigenvalue weighted by atomic mass is 16.5. The van der Waals surface area contributed by atoms with Gasteiger partial charge in [0.05, 0.1) is 30.6 Å². The number of fused-ring (bicyclic) bond motifs is 1. The number of aliphatic hydroxyl groups is 1. The molecule has 2 unspecified atom stereocenters. The highest BCUT2D eigenvalue weighted by Crippen LogP contribution is 2.59. The first-order valence-electron chi connectivity index (χ1n) is 15.2. The Balaban J connectivity index is 1.77. The number of anilines is 1. The lowest BCUT2D eigenvalue weighted by Gasteiger charge is -2.39. The summed E-state index contributed by atoms with van der Waals surface area (Å²) in [6.45, 7) is 14.9. The Hall–Kier alpha value is -2.97. The molecule has 3 aliphatic heterocycles. The van der Waals surface area contributed by atoms with Crippen molar-refractivity contribution in [2.24, 2.45) is 17.8 Å². The lowest BCUT2D eigenvalue weighted by molar-refractivity contribution is -0.151. The summed E-state index contributed by atoms with van der Waals surface area (Å²) < 4.78 is 6.68. The molecule has 3 saturated heterocycles. The maximum atomic E-state index is 14.5. The molecule has 41 heavy (non-hydrogen) atoms. The van der Waals surface area contributed by atoms with Crippen LogP contribution >= 0.6 is 0 Å². The standard InChI is InChI=1S/C33H47N3O5/c1-6-9-13-20-34(18-7-2)32(40)29-33-17-16-26(41-33)27(28(33)31(39)36(29)25(22-37)21-23(4)5)30(38)35(19-8-3)24-14-11-10-12-15-24/h7-8,10-12,14-15,23,25-29,37H,2-3,6,9,13,16-22H2,1,4-5H3/t25-,26+,27-,28+,29?,33?/m1/s1. The number of likely N-dealkylation sites (tertiary alicyclic amines) is 1. The van der Waals surface area contributed by atoms with E-state index < -0.39 is 35.6 Å². The second kappa shape index (κ2) is 13.3. The Labute approximate surface area is 245 Å². The third kappa shape index (κ3) is 5.73. The van der Waals surface area contributed by atoms with Gasteiger partial charge in [-0.3, -0.25) is 14.4 Å². The minimum atomic E-state index is -1.11. The van der Waals surface area contributed by atoms with E-state index in [2.05, 4.69) is 20.1 Å². The van der Waals surface area contributed by atoms with E-state index in [1.54, 1.807) is 26.9 Å². The van der Waals surface area contributed by atoms with Crippen LogP contribution in [-0.4, -0.2) is 82.7 Å². The van der Waals surface area contributed by atoms with Crippen LogP contribution in [0, 0.1) is 17.8 Å². The predicted molar refractivity (Wildman–Crippen MR) is 160 cm³/mol. The fraction of sp³-hybridized carbons (Fsp3) is 0.606. The smallest absolute Gasteiger partial charge is 0.248 e. The number of ether oxygens (including phenoxy) is 1. The summed E-state index contributed by atoms with van der Waals surface area (Å²) in [5.41, 5.74) is -0.380. The fourth-order valence-corrected chi connectivity index (χ4v) is 7.28. The molecule has 6 atom stereocenters. The van der Waals surface area contributed by atoms with Crippen LogP contribution in [0.3, 0.4) is 0 Å². The molecule has 1 N–H and O–H groups in total. The van der Waals surface area contributed by atoms with Crippen LogP contribution < -0.4 is 4.90 Å². The van der Waals surface area contributed by atoms with E-state index in [1.807, 2.05) is 44.2 Å². The summed E-state index contributed by atoms with van der Waals surface area (Å²) in [5.74, 6) is -1.95. The highest BCUT2D eigenvalue weighted by molar-refractivity contribution is 6.03. The third-order valence-corrected chi connectivity index (χ3v) is 8.94. The number of nitrogens with zero attached hydrogens (tertiary/aromatic N) is 3. The van der Waals surface area contributed by atoms with Gasteiger partial charge in [0, 0.05) is 25.3 Å². The van der Waals surface area contributed by atoms with E-state index in [4.69, 9.17) is 4.74 Å². The van der Waals surface area contributed by atoms with E-state index in [0.717, 1.165) is 24.9 Å². The number of para-hydroxylation sites is 1. The molecule has 0 radical (unpaired) electrons. The Morgan fingerprint density at radius 2 is 1.85 bits per heavy atom. The van der Waals surface area contributed by atoms with Gasteiger partial charge in [0.15, 0.2) is 0 Å². The zero-order valence-corrected chi connectivity index (χ0v) is 24.9. The lowest BCUT2D eigenvalue weighted by Crippen LogP contribution is -2.59. The molecule has 3 aliphatic rings. The minimum absolute atomic E-state index is 0.182. The number of unbranched alkanes of at least 4 members (excludes halogenated alkanes) is 2. The molecule has 2 bridgehead atoms. The first-order valence-corrected chi connectivity index (χ1v) is 15.2. The van der Waals surface area contributed by atoms with E-state index in [1.165, 1.54) is 0 Å². The van der Waals surface area contributed by atoms with Crippen molar-refractivity contribution in [1.29, 1.82) is 0 Å². The molecule has 3 amide bonds. The normalized spacial score (nSPS) is 27.1. The van der Waals surface area contributed by atoms with Crippen LogP contribution in [0.1, 0.15) is 59.3 Å². The van der Waals surface area contributed by atoms with Gasteiger partial charge >= 0.3 is 0 Å². The van der Waals surface area contributed by atoms with Crippen LogP contribution in [-0.2, 0) is 19.1 Å². The average molecular weight is 566 g/mol. The van der Waals surface area contributed by atoms with Crippen molar-refractivity contribution in [1.82, 2.24) is 9.80 Å². The number of rotatable bonds is 15. The number of carbonyl (C=O) groups is 3. The number of hydrogen-bond acceptors (Lipinski definition) is 5. The van der Waals surface area contributed by atoms with Gasteiger partial charge in [-0.25, -0.2) is 0 Å². The van der Waals surface area contributed by atoms with Crippen molar-refractivity contribution < 1.29 is 24.2 Å². The maximum absolute atomic E-state index is 14.5. The van der Waals surface area contributed by atoms with Crippen molar-refractivity contribution in [3.8, 4) is 0 Å². The summed E-state index contributed by atoms with van der Waals surface area (Å²) in [5, 5.41) is 10.5. The van der Waals surface area contributed by atoms with Gasteiger partial charge in [-0.1, -0.05) is 64.0 Å². The number of amides is 3. The molecule has 3 heterocycles. The highest BCUT2D eigenvalue weighted by Gasteiger charge is 2.75. The van der Waals surface area contributed by atoms with Gasteiger partial charge in [-0.15, -0.1) is 13.2 Å². The second-order valence-corrected chi connectivity index (χ2v) is 12.1.